The van der Waals surface area contributed by atoms with E-state index >= 15 is 0 Å². The van der Waals surface area contributed by atoms with Crippen LogP contribution in [-0.2, 0) is 4.79 Å². The van der Waals surface area contributed by atoms with Gasteiger partial charge in [-0.05, 0) is 49.3 Å². The molecule has 2 heterocycles. The van der Waals surface area contributed by atoms with E-state index in [1.165, 1.54) is 37.7 Å². The minimum Gasteiger partial charge on any atom is -0.343 e. The average molecular weight is 385 g/mol. The van der Waals surface area contributed by atoms with Gasteiger partial charge in [0.25, 0.3) is 0 Å². The largest absolute Gasteiger partial charge is 0.343 e. The fourth-order valence-corrected chi connectivity index (χ4v) is 4.19. The molecule has 2 saturated carbocycles. The third-order valence-corrected chi connectivity index (χ3v) is 6.56. The van der Waals surface area contributed by atoms with E-state index in [9.17, 15) is 9.59 Å². The van der Waals surface area contributed by atoms with Gasteiger partial charge < -0.3 is 9.80 Å². The predicted molar refractivity (Wildman–Crippen MR) is 111 cm³/mol. The zero-order chi connectivity index (χ0) is 19.5. The molecule has 0 spiro atoms. The van der Waals surface area contributed by atoms with Crippen LogP contribution in [0.1, 0.15) is 43.6 Å². The number of hydrogen-bond donors (Lipinski definition) is 0. The van der Waals surface area contributed by atoms with Crippen molar-refractivity contribution in [1.29, 1.82) is 0 Å². The standard InChI is InChI=1S/C13H16N2O.C9H16N2O/c1-14-8-9-15(13(14)16)12-6-4-11(5-7-12)10-2-3-10;12-8-10-4-6-11(7-5-10)9-2-1-3-9/h4-7,10H,2-3,8-9H2,1H3;8-9H,1-7H2. The van der Waals surface area contributed by atoms with Gasteiger partial charge in [-0.1, -0.05) is 18.6 Å². The minimum absolute atomic E-state index is 0.110. The molecule has 1 aromatic carbocycles. The smallest absolute Gasteiger partial charge is 0.324 e. The maximum atomic E-state index is 11.8. The van der Waals surface area contributed by atoms with Gasteiger partial charge in [0.2, 0.25) is 6.41 Å². The molecule has 0 bridgehead atoms. The lowest BCUT2D eigenvalue weighted by molar-refractivity contribution is -0.120. The van der Waals surface area contributed by atoms with Gasteiger partial charge in [0.15, 0.2) is 0 Å². The SMILES string of the molecule is CN1CCN(c2ccc(C3CC3)cc2)C1=O.O=CN1CCN(C2CCC2)CC1. The van der Waals surface area contributed by atoms with Crippen molar-refractivity contribution in [1.82, 2.24) is 14.7 Å². The molecule has 2 saturated heterocycles. The van der Waals surface area contributed by atoms with Crippen LogP contribution in [0.15, 0.2) is 24.3 Å². The van der Waals surface area contributed by atoms with E-state index in [4.69, 9.17) is 0 Å². The summed E-state index contributed by atoms with van der Waals surface area (Å²) >= 11 is 0. The van der Waals surface area contributed by atoms with E-state index in [2.05, 4.69) is 29.2 Å². The van der Waals surface area contributed by atoms with E-state index in [0.29, 0.717) is 0 Å². The van der Waals surface area contributed by atoms with E-state index in [1.807, 2.05) is 16.8 Å². The second-order valence-corrected chi connectivity index (χ2v) is 8.48. The van der Waals surface area contributed by atoms with E-state index in [1.54, 1.807) is 4.90 Å². The van der Waals surface area contributed by atoms with E-state index in [0.717, 1.165) is 63.3 Å². The summed E-state index contributed by atoms with van der Waals surface area (Å²) in [5.41, 5.74) is 2.45. The highest BCUT2D eigenvalue weighted by molar-refractivity contribution is 5.93. The maximum Gasteiger partial charge on any atom is 0.324 e. The third kappa shape index (κ3) is 4.32. The van der Waals surface area contributed by atoms with Crippen molar-refractivity contribution in [3.63, 3.8) is 0 Å². The number of piperazine rings is 1. The van der Waals surface area contributed by atoms with Crippen LogP contribution in [0.25, 0.3) is 0 Å². The van der Waals surface area contributed by atoms with Gasteiger partial charge in [-0.25, -0.2) is 4.79 Å². The van der Waals surface area contributed by atoms with Crippen LogP contribution in [0.4, 0.5) is 10.5 Å². The van der Waals surface area contributed by atoms with Crippen LogP contribution in [0, 0.1) is 0 Å². The summed E-state index contributed by atoms with van der Waals surface area (Å²) in [5, 5.41) is 0. The van der Waals surface area contributed by atoms with Crippen molar-refractivity contribution >= 4 is 18.1 Å². The first-order valence-corrected chi connectivity index (χ1v) is 10.7. The van der Waals surface area contributed by atoms with Gasteiger partial charge in [0.05, 0.1) is 0 Å². The summed E-state index contributed by atoms with van der Waals surface area (Å²) in [6.45, 7) is 5.66. The summed E-state index contributed by atoms with van der Waals surface area (Å²) in [5.74, 6) is 0.783. The third-order valence-electron chi connectivity index (χ3n) is 6.56. The lowest BCUT2D eigenvalue weighted by Gasteiger charge is -2.42. The first kappa shape index (κ1) is 19.2. The van der Waals surface area contributed by atoms with Crippen molar-refractivity contribution in [2.45, 2.75) is 44.1 Å². The van der Waals surface area contributed by atoms with Crippen molar-refractivity contribution in [2.75, 3.05) is 51.2 Å². The number of amides is 3. The van der Waals surface area contributed by atoms with Crippen molar-refractivity contribution < 1.29 is 9.59 Å². The number of urea groups is 1. The molecule has 28 heavy (non-hydrogen) atoms. The zero-order valence-electron chi connectivity index (χ0n) is 16.9. The average Bonchev–Trinajstić information content (AvgIpc) is 3.48. The van der Waals surface area contributed by atoms with Gasteiger partial charge in [-0.3, -0.25) is 14.6 Å². The molecule has 152 valence electrons. The van der Waals surface area contributed by atoms with E-state index < -0.39 is 0 Å². The second kappa shape index (κ2) is 8.52. The quantitative estimate of drug-likeness (QED) is 0.750. The van der Waals surface area contributed by atoms with Crippen LogP contribution in [-0.4, -0.2) is 79.5 Å². The zero-order valence-corrected chi connectivity index (χ0v) is 16.9. The highest BCUT2D eigenvalue weighted by atomic mass is 16.2. The molecule has 0 aromatic heterocycles. The molecule has 4 aliphatic rings. The number of carbonyl (C=O) groups excluding carboxylic acids is 2. The van der Waals surface area contributed by atoms with Crippen LogP contribution >= 0.6 is 0 Å². The first-order valence-electron chi connectivity index (χ1n) is 10.7. The fourth-order valence-electron chi connectivity index (χ4n) is 4.19. The molecule has 6 heteroatoms. The Morgan fingerprint density at radius 1 is 0.893 bits per heavy atom. The Morgan fingerprint density at radius 3 is 2.04 bits per heavy atom. The highest BCUT2D eigenvalue weighted by Gasteiger charge is 2.28. The molecule has 2 aliphatic carbocycles. The molecule has 6 nitrogen and oxygen atoms in total. The number of nitrogens with zero attached hydrogens (tertiary/aromatic N) is 4. The Bertz CT molecular complexity index is 676. The summed E-state index contributed by atoms with van der Waals surface area (Å²) in [6.07, 6.45) is 7.77. The Hall–Kier alpha value is -2.08. The first-order chi connectivity index (χ1) is 13.7. The monoisotopic (exact) mass is 384 g/mol. The van der Waals surface area contributed by atoms with Gasteiger partial charge in [0.1, 0.15) is 0 Å². The Labute approximate surface area is 168 Å². The predicted octanol–water partition coefficient (Wildman–Crippen LogP) is 2.75. The fraction of sp³-hybridized carbons (Fsp3) is 0.636. The molecule has 1 aromatic rings. The normalized spacial score (nSPS) is 23.3. The second-order valence-electron chi connectivity index (χ2n) is 8.48. The topological polar surface area (TPSA) is 47.1 Å². The molecule has 2 aliphatic heterocycles. The summed E-state index contributed by atoms with van der Waals surface area (Å²) in [7, 11) is 1.85. The minimum atomic E-state index is 0.110. The van der Waals surface area contributed by atoms with E-state index in [-0.39, 0.29) is 6.03 Å². The van der Waals surface area contributed by atoms with Gasteiger partial charge in [-0.15, -0.1) is 0 Å². The molecule has 0 unspecified atom stereocenters. The van der Waals surface area contributed by atoms with Crippen molar-refractivity contribution in [3.05, 3.63) is 29.8 Å². The number of anilines is 1. The van der Waals surface area contributed by atoms with Gasteiger partial charge >= 0.3 is 6.03 Å². The number of rotatable bonds is 4. The number of benzene rings is 1. The summed E-state index contributed by atoms with van der Waals surface area (Å²) in [6, 6.07) is 9.44. The number of carbonyl (C=O) groups is 2. The number of hydrogen-bond acceptors (Lipinski definition) is 3. The molecule has 5 rings (SSSR count). The van der Waals surface area contributed by atoms with Crippen LogP contribution in [0.2, 0.25) is 0 Å². The van der Waals surface area contributed by atoms with Crippen LogP contribution < -0.4 is 4.90 Å². The van der Waals surface area contributed by atoms with Crippen LogP contribution in [0.3, 0.4) is 0 Å². The highest BCUT2D eigenvalue weighted by Crippen LogP contribution is 2.40. The Balaban J connectivity index is 0.000000143. The molecule has 4 fully saturated rings. The molecule has 3 amide bonds. The molecular weight excluding hydrogens is 352 g/mol. The van der Waals surface area contributed by atoms with Crippen molar-refractivity contribution in [3.8, 4) is 0 Å². The summed E-state index contributed by atoms with van der Waals surface area (Å²) < 4.78 is 0. The van der Waals surface area contributed by atoms with Crippen LogP contribution in [0.5, 0.6) is 0 Å². The van der Waals surface area contributed by atoms with Gasteiger partial charge in [-0.2, -0.15) is 0 Å². The molecule has 0 atom stereocenters. The van der Waals surface area contributed by atoms with Gasteiger partial charge in [0, 0.05) is 58.0 Å². The summed E-state index contributed by atoms with van der Waals surface area (Å²) in [4.78, 5) is 30.2. The Kier molecular flexibility index (Phi) is 5.85. The molecular formula is C22H32N4O2. The number of likely N-dealkylation sites (N-methyl/N-ethyl adjacent to an activating group) is 1. The molecule has 0 radical (unpaired) electrons. The lowest BCUT2D eigenvalue weighted by Crippen LogP contribution is -2.51. The van der Waals surface area contributed by atoms with Crippen molar-refractivity contribution in [2.24, 2.45) is 0 Å². The maximum absolute atomic E-state index is 11.8. The Morgan fingerprint density at radius 2 is 1.57 bits per heavy atom. The molecule has 0 N–H and O–H groups in total. The lowest BCUT2D eigenvalue weighted by atomic mass is 9.91.